The van der Waals surface area contributed by atoms with Crippen LogP contribution in [0.1, 0.15) is 25.0 Å². The molecule has 0 unspecified atom stereocenters. The first-order valence-electron chi connectivity index (χ1n) is 19.9. The summed E-state index contributed by atoms with van der Waals surface area (Å²) in [6, 6.07) is 75.8. The van der Waals surface area contributed by atoms with Crippen LogP contribution in [0, 0.1) is 0 Å². The maximum Gasteiger partial charge on any atom is 0.0547 e. The molecule has 0 N–H and O–H groups in total. The number of rotatable bonds is 6. The minimum Gasteiger partial charge on any atom is -0.309 e. The van der Waals surface area contributed by atoms with Crippen LogP contribution in [0.2, 0.25) is 0 Å². The summed E-state index contributed by atoms with van der Waals surface area (Å²) in [5.41, 5.74) is 16.8. The van der Waals surface area contributed by atoms with Gasteiger partial charge in [-0.05, 0) is 69.4 Å². The van der Waals surface area contributed by atoms with E-state index in [0.717, 1.165) is 22.6 Å². The van der Waals surface area contributed by atoms with Crippen molar-refractivity contribution in [3.63, 3.8) is 0 Å². The fourth-order valence-electron chi connectivity index (χ4n) is 9.63. The second kappa shape index (κ2) is 13.0. The molecule has 1 aromatic heterocycles. The predicted octanol–water partition coefficient (Wildman–Crippen LogP) is 15.0. The molecule has 0 radical (unpaired) electrons. The Labute approximate surface area is 333 Å². The first kappa shape index (κ1) is 33.2. The molecule has 270 valence electrons. The lowest BCUT2D eigenvalue weighted by molar-refractivity contribution is 0.660. The van der Waals surface area contributed by atoms with Crippen LogP contribution in [0.3, 0.4) is 0 Å². The summed E-state index contributed by atoms with van der Waals surface area (Å²) in [5, 5.41) is 4.92. The van der Waals surface area contributed by atoms with Gasteiger partial charge in [-0.15, -0.1) is 0 Å². The van der Waals surface area contributed by atoms with Crippen LogP contribution in [0.15, 0.2) is 206 Å². The zero-order valence-corrected chi connectivity index (χ0v) is 32.0. The Hall–Kier alpha value is -7.16. The largest absolute Gasteiger partial charge is 0.309 e. The molecule has 0 fully saturated rings. The van der Waals surface area contributed by atoms with Crippen LogP contribution >= 0.6 is 0 Å². The molecule has 0 aliphatic heterocycles. The van der Waals surface area contributed by atoms with Crippen LogP contribution in [-0.2, 0) is 5.41 Å². The zero-order chi connectivity index (χ0) is 38.1. The minimum atomic E-state index is -0.147. The van der Waals surface area contributed by atoms with Gasteiger partial charge in [-0.25, -0.2) is 0 Å². The van der Waals surface area contributed by atoms with Crippen LogP contribution in [0.25, 0.3) is 71.6 Å². The van der Waals surface area contributed by atoms with Gasteiger partial charge in [0.05, 0.1) is 33.8 Å². The topological polar surface area (TPSA) is 8.17 Å². The summed E-state index contributed by atoms with van der Waals surface area (Å²) >= 11 is 0. The molecule has 2 nitrogen and oxygen atoms in total. The summed E-state index contributed by atoms with van der Waals surface area (Å²) in [6.07, 6.45) is 0. The minimum absolute atomic E-state index is 0.147. The van der Waals surface area contributed by atoms with Crippen molar-refractivity contribution in [1.82, 2.24) is 4.57 Å². The highest BCUT2D eigenvalue weighted by atomic mass is 15.2. The number of aromatic nitrogens is 1. The van der Waals surface area contributed by atoms with E-state index in [0.29, 0.717) is 0 Å². The number of fused-ring (bicyclic) bond motifs is 7. The number of hydrogen-bond acceptors (Lipinski definition) is 1. The van der Waals surface area contributed by atoms with Gasteiger partial charge in [0.1, 0.15) is 0 Å². The van der Waals surface area contributed by atoms with Gasteiger partial charge in [-0.1, -0.05) is 184 Å². The molecule has 0 saturated carbocycles. The van der Waals surface area contributed by atoms with Crippen molar-refractivity contribution < 1.29 is 0 Å². The van der Waals surface area contributed by atoms with Gasteiger partial charge in [0.25, 0.3) is 0 Å². The highest BCUT2D eigenvalue weighted by Gasteiger charge is 2.38. The van der Waals surface area contributed by atoms with E-state index in [1.807, 2.05) is 0 Å². The smallest absolute Gasteiger partial charge is 0.0547 e. The summed E-state index contributed by atoms with van der Waals surface area (Å²) in [4.78, 5) is 2.55. The first-order chi connectivity index (χ1) is 28.1. The maximum absolute atomic E-state index is 2.55. The van der Waals surface area contributed by atoms with Gasteiger partial charge in [-0.3, -0.25) is 0 Å². The zero-order valence-electron chi connectivity index (χ0n) is 32.0. The summed E-state index contributed by atoms with van der Waals surface area (Å²) in [5.74, 6) is 0. The molecular weight excluding hydrogens is 689 g/mol. The van der Waals surface area contributed by atoms with Crippen molar-refractivity contribution >= 4 is 49.6 Å². The molecule has 0 amide bonds. The summed E-state index contributed by atoms with van der Waals surface area (Å²) in [6.45, 7) is 4.73. The highest BCUT2D eigenvalue weighted by molar-refractivity contribution is 6.12. The standard InChI is InChI=1S/C55H40N2/c1-55(2)45-28-13-8-26-43(45)54-46(55)29-18-34-51(54)56(47-30-14-9-22-39(47)37-19-4-3-5-20-37)50-33-17-12-27-44(50)53-40-23-7-6-21-38(40)35-36-52(53)57-48-31-15-10-24-41(48)42-25-11-16-32-49(42)57/h3-36H,1-2H3. The third kappa shape index (κ3) is 5.04. The van der Waals surface area contributed by atoms with Gasteiger partial charge in [0, 0.05) is 38.4 Å². The van der Waals surface area contributed by atoms with E-state index >= 15 is 0 Å². The monoisotopic (exact) mass is 728 g/mol. The third-order valence-corrected chi connectivity index (χ3v) is 12.2. The Balaban J connectivity index is 1.27. The van der Waals surface area contributed by atoms with Crippen LogP contribution < -0.4 is 4.90 Å². The highest BCUT2D eigenvalue weighted by Crippen LogP contribution is 2.56. The molecular formula is C55H40N2. The number of anilines is 3. The Morgan fingerprint density at radius 3 is 1.63 bits per heavy atom. The Morgan fingerprint density at radius 2 is 0.895 bits per heavy atom. The maximum atomic E-state index is 2.55. The average molecular weight is 729 g/mol. The van der Waals surface area contributed by atoms with Crippen LogP contribution in [-0.4, -0.2) is 4.57 Å². The number of nitrogens with zero attached hydrogens (tertiary/aromatic N) is 2. The lowest BCUT2D eigenvalue weighted by Crippen LogP contribution is -2.16. The molecule has 0 atom stereocenters. The van der Waals surface area contributed by atoms with Gasteiger partial charge < -0.3 is 9.47 Å². The van der Waals surface area contributed by atoms with Crippen molar-refractivity contribution in [3.05, 3.63) is 217 Å². The van der Waals surface area contributed by atoms with Gasteiger partial charge in [0.2, 0.25) is 0 Å². The number of para-hydroxylation sites is 4. The lowest BCUT2D eigenvalue weighted by Gasteiger charge is -2.32. The van der Waals surface area contributed by atoms with E-state index < -0.39 is 0 Å². The molecule has 9 aromatic carbocycles. The Kier molecular flexibility index (Phi) is 7.55. The van der Waals surface area contributed by atoms with Gasteiger partial charge >= 0.3 is 0 Å². The van der Waals surface area contributed by atoms with E-state index in [-0.39, 0.29) is 5.41 Å². The molecule has 10 aromatic rings. The van der Waals surface area contributed by atoms with Crippen molar-refractivity contribution in [2.45, 2.75) is 19.3 Å². The average Bonchev–Trinajstić information content (AvgIpc) is 3.73. The SMILES string of the molecule is CC1(C)c2ccccc2-c2c(N(c3ccccc3-c3ccccc3)c3ccccc3-c3c(-n4c5ccccc5c5ccccc54)ccc4ccccc34)cccc21. The molecule has 0 spiro atoms. The Bertz CT molecular complexity index is 3110. The van der Waals surface area contributed by atoms with Crippen LogP contribution in [0.4, 0.5) is 17.1 Å². The van der Waals surface area contributed by atoms with Gasteiger partial charge in [-0.2, -0.15) is 0 Å². The van der Waals surface area contributed by atoms with E-state index in [9.17, 15) is 0 Å². The molecule has 0 saturated heterocycles. The number of benzene rings is 9. The van der Waals surface area contributed by atoms with Gasteiger partial charge in [0.15, 0.2) is 0 Å². The van der Waals surface area contributed by atoms with E-state index in [2.05, 4.69) is 230 Å². The van der Waals surface area contributed by atoms with Crippen LogP contribution in [0.5, 0.6) is 0 Å². The summed E-state index contributed by atoms with van der Waals surface area (Å²) in [7, 11) is 0. The van der Waals surface area contributed by atoms with Crippen molar-refractivity contribution in [3.8, 4) is 39.1 Å². The third-order valence-electron chi connectivity index (χ3n) is 12.2. The predicted molar refractivity (Wildman–Crippen MR) is 241 cm³/mol. The molecule has 2 heteroatoms. The Morgan fingerprint density at radius 1 is 0.368 bits per heavy atom. The fraction of sp³-hybridized carbons (Fsp3) is 0.0545. The van der Waals surface area contributed by atoms with Crippen molar-refractivity contribution in [2.24, 2.45) is 0 Å². The normalized spacial score (nSPS) is 12.9. The second-order valence-corrected chi connectivity index (χ2v) is 15.7. The first-order valence-corrected chi connectivity index (χ1v) is 19.9. The molecule has 0 bridgehead atoms. The fourth-order valence-corrected chi connectivity index (χ4v) is 9.63. The molecule has 1 aliphatic rings. The summed E-state index contributed by atoms with van der Waals surface area (Å²) < 4.78 is 2.48. The van der Waals surface area contributed by atoms with Crippen molar-refractivity contribution in [1.29, 1.82) is 0 Å². The number of hydrogen-bond donors (Lipinski definition) is 0. The quantitative estimate of drug-likeness (QED) is 0.165. The molecule has 1 aliphatic carbocycles. The van der Waals surface area contributed by atoms with E-state index in [1.165, 1.54) is 77.2 Å². The van der Waals surface area contributed by atoms with E-state index in [1.54, 1.807) is 0 Å². The second-order valence-electron chi connectivity index (χ2n) is 15.7. The lowest BCUT2D eigenvalue weighted by atomic mass is 9.82. The molecule has 11 rings (SSSR count). The molecule has 57 heavy (non-hydrogen) atoms. The molecule has 1 heterocycles. The van der Waals surface area contributed by atoms with Crippen molar-refractivity contribution in [2.75, 3.05) is 4.90 Å². The van der Waals surface area contributed by atoms with E-state index in [4.69, 9.17) is 0 Å².